The molecule has 86 heavy (non-hydrogen) atoms. The Labute approximate surface area is 503 Å². The van der Waals surface area contributed by atoms with Crippen LogP contribution in [0.1, 0.15) is 89.8 Å². The van der Waals surface area contributed by atoms with E-state index in [0.29, 0.717) is 27.3 Å². The zero-order chi connectivity index (χ0) is 63.4. The lowest BCUT2D eigenvalue weighted by Crippen LogP contribution is -1.94. The average molecular weight is 1160 g/mol. The third-order valence-electron chi connectivity index (χ3n) is 13.3. The van der Waals surface area contributed by atoms with E-state index in [-0.39, 0.29) is 27.7 Å². The molecule has 0 aliphatic rings. The minimum atomic E-state index is -0.817. The van der Waals surface area contributed by atoms with Crippen LogP contribution in [-0.2, 0) is 0 Å². The van der Waals surface area contributed by atoms with E-state index in [1.54, 1.807) is 32.0 Å². The third-order valence-corrected chi connectivity index (χ3v) is 13.3. The van der Waals surface area contributed by atoms with Crippen molar-refractivity contribution in [1.29, 1.82) is 0 Å². The van der Waals surface area contributed by atoms with Crippen molar-refractivity contribution in [2.24, 2.45) is 0 Å². The van der Waals surface area contributed by atoms with Gasteiger partial charge in [0.15, 0.2) is 0 Å². The Hall–Kier alpha value is -9.16. The maximum atomic E-state index is 13.6. The van der Waals surface area contributed by atoms with E-state index in [1.807, 2.05) is 155 Å². The van der Waals surface area contributed by atoms with Crippen LogP contribution in [0.2, 0.25) is 0 Å². The monoisotopic (exact) mass is 1160 g/mol. The second-order valence-corrected chi connectivity index (χ2v) is 21.5. The summed E-state index contributed by atoms with van der Waals surface area (Å²) < 4.78 is 80.5. The zero-order valence-corrected chi connectivity index (χ0v) is 52.1. The lowest BCUT2D eigenvalue weighted by molar-refractivity contribution is 0.568. The summed E-state index contributed by atoms with van der Waals surface area (Å²) in [6.07, 6.45) is 11.0. The van der Waals surface area contributed by atoms with Crippen LogP contribution in [0, 0.1) is 146 Å². The first kappa shape index (κ1) is 67.6. The summed E-state index contributed by atoms with van der Waals surface area (Å²) in [4.78, 5) is 24.0. The Bertz CT molecular complexity index is 3870. The van der Waals surface area contributed by atoms with Gasteiger partial charge >= 0.3 is 0 Å². The molecule has 0 saturated carbocycles. The largest absolute Gasteiger partial charge is 0.261 e. The fraction of sp³-hybridized carbons (Fsp3) is 0.216. The number of nitrogens with zero attached hydrogens (tertiary/aromatic N) is 6. The molecule has 12 aromatic rings. The lowest BCUT2D eigenvalue weighted by Gasteiger charge is -2.06. The molecule has 12 heteroatoms. The molecule has 0 spiro atoms. The second-order valence-electron chi connectivity index (χ2n) is 21.5. The van der Waals surface area contributed by atoms with Gasteiger partial charge in [0.25, 0.3) is 0 Å². The fourth-order valence-electron chi connectivity index (χ4n) is 8.21. The molecule has 12 rings (SSSR count). The maximum Gasteiger partial charge on any atom is 0.139 e. The smallest absolute Gasteiger partial charge is 0.139 e. The topological polar surface area (TPSA) is 77.3 Å². The van der Waals surface area contributed by atoms with Crippen LogP contribution < -0.4 is 0 Å². The van der Waals surface area contributed by atoms with Gasteiger partial charge in [0, 0.05) is 70.5 Å². The molecule has 4 aromatic heterocycles. The Kier molecular flexibility index (Phi) is 25.3. The predicted molar refractivity (Wildman–Crippen MR) is 344 cm³/mol. The summed E-state index contributed by atoms with van der Waals surface area (Å²) in [5.74, 6) is -1.50. The number of hydrogen-bond acceptors (Lipinski definition) is 6. The van der Waals surface area contributed by atoms with Gasteiger partial charge < -0.3 is 0 Å². The van der Waals surface area contributed by atoms with Gasteiger partial charge in [0.05, 0.1) is 5.39 Å². The highest BCUT2D eigenvalue weighted by molar-refractivity contribution is 5.87. The molecule has 0 amide bonds. The Morgan fingerprint density at radius 1 is 0.244 bits per heavy atom. The van der Waals surface area contributed by atoms with Crippen LogP contribution in [0.25, 0.3) is 43.1 Å². The molecule has 0 aliphatic carbocycles. The first-order valence-corrected chi connectivity index (χ1v) is 28.0. The van der Waals surface area contributed by atoms with Crippen LogP contribution in [0.4, 0.5) is 26.3 Å². The molecular weight excluding hydrogens is 1090 g/mol. The molecule has 0 aliphatic heterocycles. The van der Waals surface area contributed by atoms with Crippen molar-refractivity contribution in [2.45, 2.75) is 111 Å². The second kappa shape index (κ2) is 32.2. The Morgan fingerprint density at radius 3 is 1.01 bits per heavy atom. The summed E-state index contributed by atoms with van der Waals surface area (Å²) in [5.41, 5.74) is 12.9. The zero-order valence-electron chi connectivity index (χ0n) is 52.1. The molecule has 4 heterocycles. The van der Waals surface area contributed by atoms with E-state index >= 15 is 0 Å². The van der Waals surface area contributed by atoms with Crippen molar-refractivity contribution in [3.8, 4) is 0 Å². The quantitative estimate of drug-likeness (QED) is 0.141. The number of benzene rings is 8. The molecule has 0 unspecified atom stereocenters. The summed E-state index contributed by atoms with van der Waals surface area (Å²) in [7, 11) is 0. The van der Waals surface area contributed by atoms with Gasteiger partial charge in [0.1, 0.15) is 46.6 Å². The third kappa shape index (κ3) is 20.9. The van der Waals surface area contributed by atoms with E-state index < -0.39 is 29.1 Å². The number of rotatable bonds is 0. The van der Waals surface area contributed by atoms with Crippen LogP contribution in [0.15, 0.2) is 171 Å². The van der Waals surface area contributed by atoms with E-state index in [2.05, 4.69) is 92.3 Å². The molecule has 0 N–H and O–H groups in total. The Balaban J connectivity index is 0.000000182. The number of fused-ring (bicyclic) bond motifs is 4. The first-order valence-electron chi connectivity index (χ1n) is 28.0. The average Bonchev–Trinajstić information content (AvgIpc) is 2.67. The molecule has 444 valence electrons. The van der Waals surface area contributed by atoms with E-state index in [0.717, 1.165) is 56.7 Å². The summed E-state index contributed by atoms with van der Waals surface area (Å²) in [5, 5.41) is 5.57. The molecule has 0 bridgehead atoms. The molecule has 8 aromatic carbocycles. The minimum Gasteiger partial charge on any atom is -0.261 e. The van der Waals surface area contributed by atoms with Crippen LogP contribution >= 0.6 is 0 Å². The standard InChI is InChI=1S/C12H9F3.C12H10F2.C12H11F.C12H12.2C7H9N.2C6H8N2/c1-6-3-8-5-9(13)7(2)12(15)11(8)10(14)4-6;1-7-3-4-10-9(5-7)6-11(13)8(2)12(10)14;1-8-3-6-11-10(7-8)5-4-9(2)12(11)13;1-9-3-5-12-8-10(2)4-6-11(12)7-9;2*1-6-3-4-7(2)8-5-6;2*1-5-3-7-6(2)8-4-5/h3-5H,1-2H3;3-6H,1-2H3;3-7H,1-2H3;3-8H,1-2H3;2*3-5H,1-2H3;2*3-4H,1-2H3. The lowest BCUT2D eigenvalue weighted by atomic mass is 10.0. The number of aryl methyl sites for hydroxylation is 14. The molecule has 0 fully saturated rings. The minimum absolute atomic E-state index is 0.0846. The van der Waals surface area contributed by atoms with Crippen molar-refractivity contribution < 1.29 is 26.3 Å². The van der Waals surface area contributed by atoms with Gasteiger partial charge in [-0.15, -0.1) is 0 Å². The van der Waals surface area contributed by atoms with Crippen molar-refractivity contribution in [1.82, 2.24) is 29.9 Å². The molecule has 0 radical (unpaired) electrons. The van der Waals surface area contributed by atoms with Gasteiger partial charge in [-0.1, -0.05) is 125 Å². The highest BCUT2D eigenvalue weighted by atomic mass is 19.2. The molecular formula is C74H76F6N6. The summed E-state index contributed by atoms with van der Waals surface area (Å²) in [6, 6.07) is 41.4. The van der Waals surface area contributed by atoms with E-state index in [4.69, 9.17) is 0 Å². The van der Waals surface area contributed by atoms with Gasteiger partial charge in [-0.25, -0.2) is 46.3 Å². The molecule has 0 saturated heterocycles. The van der Waals surface area contributed by atoms with Gasteiger partial charge in [-0.2, -0.15) is 0 Å². The van der Waals surface area contributed by atoms with Crippen LogP contribution in [0.5, 0.6) is 0 Å². The van der Waals surface area contributed by atoms with Gasteiger partial charge in [-0.05, 0) is 201 Å². The summed E-state index contributed by atoms with van der Waals surface area (Å²) in [6.45, 7) is 30.1. The van der Waals surface area contributed by atoms with E-state index in [1.165, 1.54) is 59.0 Å². The van der Waals surface area contributed by atoms with Crippen molar-refractivity contribution in [2.75, 3.05) is 0 Å². The normalized spacial score (nSPS) is 10.2. The molecule has 0 atom stereocenters. The van der Waals surface area contributed by atoms with Crippen molar-refractivity contribution in [3.63, 3.8) is 0 Å². The number of aromatic nitrogens is 6. The highest BCUT2D eigenvalue weighted by Crippen LogP contribution is 2.28. The number of pyridine rings is 2. The Morgan fingerprint density at radius 2 is 0.593 bits per heavy atom. The molecule has 6 nitrogen and oxygen atoms in total. The van der Waals surface area contributed by atoms with Crippen LogP contribution in [-0.4, -0.2) is 29.9 Å². The number of halogens is 6. The SMILES string of the molecule is Cc1cc(F)c2c(F)c(C)c(F)cc2c1.Cc1ccc(C)nc1.Cc1ccc(C)nc1.Cc1ccc2c(F)c(C)c(F)cc2c1.Cc1ccc2c(F)c(C)ccc2c1.Cc1ccc2cc(C)ccc2c1.Cc1cnc(C)nc1.Cc1cnc(C)nc1. The first-order chi connectivity index (χ1) is 40.7. The van der Waals surface area contributed by atoms with Gasteiger partial charge in [0.2, 0.25) is 0 Å². The van der Waals surface area contributed by atoms with Crippen molar-refractivity contribution >= 4 is 43.1 Å². The maximum absolute atomic E-state index is 13.6. The number of hydrogen-bond donors (Lipinski definition) is 0. The highest BCUT2D eigenvalue weighted by Gasteiger charge is 2.14. The fourth-order valence-corrected chi connectivity index (χ4v) is 8.21. The van der Waals surface area contributed by atoms with Gasteiger partial charge in [-0.3, -0.25) is 9.97 Å². The summed E-state index contributed by atoms with van der Waals surface area (Å²) >= 11 is 0. The van der Waals surface area contributed by atoms with Crippen molar-refractivity contribution in [3.05, 3.63) is 295 Å². The van der Waals surface area contributed by atoms with Crippen LogP contribution in [0.3, 0.4) is 0 Å². The predicted octanol–water partition coefficient (Wildman–Crippen LogP) is 20.2. The van der Waals surface area contributed by atoms with E-state index in [9.17, 15) is 26.3 Å².